The zero-order chi connectivity index (χ0) is 20.3. The Balaban J connectivity index is 1.87. The number of ether oxygens (including phenoxy) is 1. The Bertz CT molecular complexity index is 994. The molecule has 0 saturated heterocycles. The minimum atomic E-state index is -4.69. The molecule has 1 aromatic heterocycles. The zero-order valence-electron chi connectivity index (χ0n) is 14.4. The predicted octanol–water partition coefficient (Wildman–Crippen LogP) is 6.17. The fourth-order valence-corrected chi connectivity index (χ4v) is 3.02. The first-order valence-electron chi connectivity index (χ1n) is 7.99. The lowest BCUT2D eigenvalue weighted by Gasteiger charge is -2.12. The highest BCUT2D eigenvalue weighted by Gasteiger charge is 2.34. The second-order valence-electron chi connectivity index (χ2n) is 5.78. The van der Waals surface area contributed by atoms with E-state index in [1.54, 1.807) is 31.2 Å². The van der Waals surface area contributed by atoms with E-state index in [0.717, 1.165) is 29.5 Å². The molecule has 3 aromatic rings. The Hall–Kier alpha value is -2.68. The van der Waals surface area contributed by atoms with Crippen molar-refractivity contribution in [3.05, 3.63) is 77.0 Å². The zero-order valence-corrected chi connectivity index (χ0v) is 15.2. The molecule has 0 aliphatic carbocycles. The molecule has 0 bridgehead atoms. The van der Waals surface area contributed by atoms with Gasteiger partial charge in [-0.3, -0.25) is 0 Å². The van der Waals surface area contributed by atoms with Gasteiger partial charge >= 0.3 is 6.18 Å². The van der Waals surface area contributed by atoms with Gasteiger partial charge in [0.25, 0.3) is 0 Å². The van der Waals surface area contributed by atoms with Gasteiger partial charge in [0.2, 0.25) is 5.88 Å². The molecular formula is C19H13F5N2OS. The Kier molecular flexibility index (Phi) is 5.83. The third-order valence-corrected chi connectivity index (χ3v) is 4.55. The van der Waals surface area contributed by atoms with Gasteiger partial charge in [-0.25, -0.2) is 13.8 Å². The third-order valence-electron chi connectivity index (χ3n) is 3.63. The monoisotopic (exact) mass is 412 g/mol. The third kappa shape index (κ3) is 4.98. The summed E-state index contributed by atoms with van der Waals surface area (Å²) in [6.07, 6.45) is -4.69. The molecule has 0 radical (unpaired) electrons. The van der Waals surface area contributed by atoms with Crippen molar-refractivity contribution in [1.29, 1.82) is 0 Å². The highest BCUT2D eigenvalue weighted by Crippen LogP contribution is 2.33. The number of nitrogens with zero attached hydrogens (tertiary/aromatic N) is 2. The number of thioether (sulfide) groups is 1. The van der Waals surface area contributed by atoms with Crippen LogP contribution in [-0.4, -0.2) is 9.97 Å². The first kappa shape index (κ1) is 20.1. The summed E-state index contributed by atoms with van der Waals surface area (Å²) in [6.45, 7) is 1.75. The minimum absolute atomic E-state index is 0.0579. The molecule has 0 fully saturated rings. The van der Waals surface area contributed by atoms with Crippen molar-refractivity contribution in [3.8, 4) is 11.6 Å². The van der Waals surface area contributed by atoms with E-state index in [9.17, 15) is 22.0 Å². The molecular weight excluding hydrogens is 399 g/mol. The van der Waals surface area contributed by atoms with E-state index in [4.69, 9.17) is 4.74 Å². The van der Waals surface area contributed by atoms with Crippen LogP contribution in [0.4, 0.5) is 22.0 Å². The minimum Gasteiger partial charge on any atom is -0.439 e. The van der Waals surface area contributed by atoms with Crippen LogP contribution >= 0.6 is 11.8 Å². The first-order valence-corrected chi connectivity index (χ1v) is 8.97. The summed E-state index contributed by atoms with van der Waals surface area (Å²) >= 11 is 0.856. The Morgan fingerprint density at radius 2 is 1.71 bits per heavy atom. The van der Waals surface area contributed by atoms with Crippen molar-refractivity contribution in [2.45, 2.75) is 24.0 Å². The van der Waals surface area contributed by atoms with Gasteiger partial charge in [0.15, 0.2) is 22.5 Å². The average Bonchev–Trinajstić information content (AvgIpc) is 2.64. The van der Waals surface area contributed by atoms with Gasteiger partial charge in [-0.15, -0.1) is 0 Å². The van der Waals surface area contributed by atoms with Gasteiger partial charge in [0.1, 0.15) is 5.75 Å². The molecule has 0 saturated carbocycles. The second kappa shape index (κ2) is 8.14. The van der Waals surface area contributed by atoms with Crippen molar-refractivity contribution in [3.63, 3.8) is 0 Å². The van der Waals surface area contributed by atoms with Crippen LogP contribution in [-0.2, 0) is 11.9 Å². The van der Waals surface area contributed by atoms with Crippen LogP contribution < -0.4 is 4.74 Å². The van der Waals surface area contributed by atoms with E-state index in [1.165, 1.54) is 6.07 Å². The number of aromatic nitrogens is 2. The maximum atomic E-state index is 13.3. The molecule has 0 aliphatic heterocycles. The van der Waals surface area contributed by atoms with Crippen LogP contribution in [0.1, 0.15) is 16.8 Å². The predicted molar refractivity (Wildman–Crippen MR) is 94.2 cm³/mol. The van der Waals surface area contributed by atoms with E-state index >= 15 is 0 Å². The summed E-state index contributed by atoms with van der Waals surface area (Å²) in [5.41, 5.74) is -0.0455. The molecule has 3 nitrogen and oxygen atoms in total. The van der Waals surface area contributed by atoms with Gasteiger partial charge < -0.3 is 4.74 Å². The maximum Gasteiger partial charge on any atom is 0.433 e. The van der Waals surface area contributed by atoms with E-state index in [2.05, 4.69) is 9.97 Å². The van der Waals surface area contributed by atoms with Crippen molar-refractivity contribution in [1.82, 2.24) is 9.97 Å². The van der Waals surface area contributed by atoms with Crippen LogP contribution in [0.2, 0.25) is 0 Å². The lowest BCUT2D eigenvalue weighted by atomic mass is 10.2. The van der Waals surface area contributed by atoms with Crippen molar-refractivity contribution >= 4 is 11.8 Å². The smallest absolute Gasteiger partial charge is 0.433 e. The van der Waals surface area contributed by atoms with Crippen LogP contribution in [0.5, 0.6) is 11.6 Å². The van der Waals surface area contributed by atoms with Crippen molar-refractivity contribution < 1.29 is 26.7 Å². The van der Waals surface area contributed by atoms with Crippen molar-refractivity contribution in [2.75, 3.05) is 0 Å². The molecule has 146 valence electrons. The van der Waals surface area contributed by atoms with Gasteiger partial charge in [0.05, 0.1) is 0 Å². The largest absolute Gasteiger partial charge is 0.439 e. The molecule has 0 spiro atoms. The highest BCUT2D eigenvalue weighted by atomic mass is 32.2. The normalized spacial score (nSPS) is 11.5. The first-order chi connectivity index (χ1) is 13.2. The maximum absolute atomic E-state index is 13.3. The number of hydrogen-bond acceptors (Lipinski definition) is 4. The Labute approximate surface area is 161 Å². The summed E-state index contributed by atoms with van der Waals surface area (Å²) < 4.78 is 71.3. The van der Waals surface area contributed by atoms with Crippen LogP contribution in [0, 0.1) is 18.6 Å². The molecule has 28 heavy (non-hydrogen) atoms. The van der Waals surface area contributed by atoms with Gasteiger partial charge in [-0.05, 0) is 36.2 Å². The number of alkyl halides is 3. The SMILES string of the molecule is Cc1ccccc1Oc1cc(C(F)(F)F)nc(SCc2ccc(F)c(F)c2)n1. The summed E-state index contributed by atoms with van der Waals surface area (Å²) in [5, 5.41) is -0.192. The van der Waals surface area contributed by atoms with Crippen LogP contribution in [0.25, 0.3) is 0 Å². The number of rotatable bonds is 5. The Morgan fingerprint density at radius 3 is 2.39 bits per heavy atom. The lowest BCUT2D eigenvalue weighted by molar-refractivity contribution is -0.141. The molecule has 0 amide bonds. The average molecular weight is 412 g/mol. The van der Waals surface area contributed by atoms with Crippen molar-refractivity contribution in [2.24, 2.45) is 0 Å². The molecule has 9 heteroatoms. The fraction of sp³-hybridized carbons (Fsp3) is 0.158. The van der Waals surface area contributed by atoms with Crippen LogP contribution in [0.3, 0.4) is 0 Å². The van der Waals surface area contributed by atoms with E-state index < -0.39 is 23.5 Å². The molecule has 3 rings (SSSR count). The summed E-state index contributed by atoms with van der Waals surface area (Å²) in [7, 11) is 0. The molecule has 0 N–H and O–H groups in total. The van der Waals surface area contributed by atoms with Gasteiger partial charge in [-0.1, -0.05) is 36.0 Å². The van der Waals surface area contributed by atoms with Gasteiger partial charge in [-0.2, -0.15) is 18.2 Å². The quantitative estimate of drug-likeness (QED) is 0.285. The summed E-state index contributed by atoms with van der Waals surface area (Å²) in [4.78, 5) is 7.50. The second-order valence-corrected chi connectivity index (χ2v) is 6.72. The fourth-order valence-electron chi connectivity index (χ4n) is 2.23. The van der Waals surface area contributed by atoms with E-state index in [1.807, 2.05) is 0 Å². The Morgan fingerprint density at radius 1 is 0.964 bits per heavy atom. The number of benzene rings is 2. The topological polar surface area (TPSA) is 35.0 Å². The van der Waals surface area contributed by atoms with E-state index in [0.29, 0.717) is 17.4 Å². The molecule has 1 heterocycles. The molecule has 2 aromatic carbocycles. The number of para-hydroxylation sites is 1. The summed E-state index contributed by atoms with van der Waals surface area (Å²) in [5.74, 6) is -1.87. The number of halogens is 5. The molecule has 0 aliphatic rings. The van der Waals surface area contributed by atoms with E-state index in [-0.39, 0.29) is 16.8 Å². The number of hydrogen-bond donors (Lipinski definition) is 0. The lowest BCUT2D eigenvalue weighted by Crippen LogP contribution is -2.10. The number of aryl methyl sites for hydroxylation is 1. The van der Waals surface area contributed by atoms with Crippen LogP contribution in [0.15, 0.2) is 53.7 Å². The summed E-state index contributed by atoms with van der Waals surface area (Å²) in [6, 6.07) is 10.8. The molecule has 0 unspecified atom stereocenters. The molecule has 0 atom stereocenters. The standard InChI is InChI=1S/C19H13F5N2OS/c1-11-4-2-3-5-15(11)27-17-9-16(19(22,23)24)25-18(26-17)28-10-12-6-7-13(20)14(21)8-12/h2-9H,10H2,1H3. The highest BCUT2D eigenvalue weighted by molar-refractivity contribution is 7.98. The van der Waals surface area contributed by atoms with Gasteiger partial charge in [0, 0.05) is 11.8 Å².